The van der Waals surface area contributed by atoms with Gasteiger partial charge in [-0.25, -0.2) is 0 Å². The van der Waals surface area contributed by atoms with Crippen LogP contribution in [0.25, 0.3) is 0 Å². The SMILES string of the molecule is CCC1CC2=CC(=O)CCC2C2CC[C@@]3(C)C(C4CC4[C@@]34CCC(=O)O4)C12.C[C@]12CCC3C4CCC(=O)C=C4C=CC3C1C1CC1[C@@]21CCC(=O)O1. The maximum absolute atomic E-state index is 12.1. The van der Waals surface area contributed by atoms with E-state index in [1.54, 1.807) is 0 Å². The molecule has 0 aromatic rings. The van der Waals surface area contributed by atoms with Gasteiger partial charge in [0, 0.05) is 48.3 Å². The molecule has 278 valence electrons. The Morgan fingerprint density at radius 2 is 1.27 bits per heavy atom. The summed E-state index contributed by atoms with van der Waals surface area (Å²) in [4.78, 5) is 48.0. The van der Waals surface area contributed by atoms with E-state index in [2.05, 4.69) is 32.9 Å². The standard InChI is InChI=1S/C24H32O3.C22H26O3/c1-3-13-10-14-11-15(25)4-5-16(14)17-6-8-23(2)22(21(13)17)18-12-19(18)24(23)9-7-20(26)27-24;1-21-8-6-15-14-5-3-13(23)10-12(14)2-4-16(15)20(21)17-11-18(17)22(21)9-7-19(24)25-22/h11,13,16-19,21-22H,3-10,12H2,1-2H3;2,4,10,14-18,20H,3,5-9,11H2,1H3/t13?,16?,17?,18?,19?,21?,22?,23-,24-;14?,15?,16?,17?,18?,20?,21-,22-/m00/s1. The van der Waals surface area contributed by atoms with Gasteiger partial charge >= 0.3 is 11.9 Å². The number of esters is 2. The van der Waals surface area contributed by atoms with Crippen LogP contribution in [0.5, 0.6) is 0 Å². The second-order valence-corrected chi connectivity index (χ2v) is 20.5. The van der Waals surface area contributed by atoms with E-state index < -0.39 is 0 Å². The molecule has 0 aromatic carbocycles. The summed E-state index contributed by atoms with van der Waals surface area (Å²) in [5.41, 5.74) is 2.82. The van der Waals surface area contributed by atoms with Crippen molar-refractivity contribution in [1.29, 1.82) is 0 Å². The maximum Gasteiger partial charge on any atom is 0.306 e. The van der Waals surface area contributed by atoms with Gasteiger partial charge in [0.25, 0.3) is 0 Å². The first-order chi connectivity index (χ1) is 25.0. The van der Waals surface area contributed by atoms with Crippen LogP contribution in [-0.2, 0) is 28.7 Å². The third-order valence-electron chi connectivity index (χ3n) is 19.1. The van der Waals surface area contributed by atoms with Crippen LogP contribution in [0.2, 0.25) is 0 Å². The highest BCUT2D eigenvalue weighted by Crippen LogP contribution is 2.80. The number of ketones is 2. The van der Waals surface area contributed by atoms with Gasteiger partial charge in [-0.15, -0.1) is 0 Å². The summed E-state index contributed by atoms with van der Waals surface area (Å²) >= 11 is 0. The van der Waals surface area contributed by atoms with Gasteiger partial charge in [0.1, 0.15) is 11.2 Å². The summed E-state index contributed by atoms with van der Waals surface area (Å²) in [6.07, 6.45) is 25.2. The van der Waals surface area contributed by atoms with Crippen molar-refractivity contribution in [2.24, 2.45) is 87.8 Å². The predicted octanol–water partition coefficient (Wildman–Crippen LogP) is 8.53. The van der Waals surface area contributed by atoms with Gasteiger partial charge < -0.3 is 9.47 Å². The molecular formula is C46H58O6. The molecule has 9 fully saturated rings. The van der Waals surface area contributed by atoms with Gasteiger partial charge in [-0.1, -0.05) is 44.9 Å². The van der Waals surface area contributed by atoms with E-state index in [0.29, 0.717) is 71.8 Å². The van der Waals surface area contributed by atoms with Crippen LogP contribution in [0.1, 0.15) is 124 Å². The third kappa shape index (κ3) is 4.09. The monoisotopic (exact) mass is 706 g/mol. The van der Waals surface area contributed by atoms with Crippen molar-refractivity contribution in [2.45, 2.75) is 135 Å². The first kappa shape index (κ1) is 32.9. The molecule has 0 N–H and O–H groups in total. The molecule has 6 heteroatoms. The van der Waals surface area contributed by atoms with Crippen molar-refractivity contribution in [1.82, 2.24) is 0 Å². The Bertz CT molecular complexity index is 1750. The van der Waals surface area contributed by atoms with Crippen molar-refractivity contribution < 1.29 is 28.7 Å². The Balaban J connectivity index is 0.000000124. The van der Waals surface area contributed by atoms with E-state index >= 15 is 0 Å². The summed E-state index contributed by atoms with van der Waals surface area (Å²) in [7, 11) is 0. The zero-order valence-corrected chi connectivity index (χ0v) is 31.6. The van der Waals surface area contributed by atoms with E-state index in [4.69, 9.17) is 9.47 Å². The Labute approximate surface area is 309 Å². The zero-order chi connectivity index (χ0) is 35.5. The molecule has 0 amide bonds. The van der Waals surface area contributed by atoms with Crippen LogP contribution in [0.4, 0.5) is 0 Å². The molecule has 0 aromatic heterocycles. The zero-order valence-electron chi connectivity index (χ0n) is 31.6. The Kier molecular flexibility index (Phi) is 6.85. The molecule has 17 atom stereocenters. The molecule has 12 rings (SSSR count). The van der Waals surface area contributed by atoms with Crippen molar-refractivity contribution in [3.63, 3.8) is 0 Å². The minimum Gasteiger partial charge on any atom is -0.458 e. The van der Waals surface area contributed by atoms with E-state index in [0.717, 1.165) is 74.5 Å². The summed E-state index contributed by atoms with van der Waals surface area (Å²) < 4.78 is 12.3. The number of carbonyl (C=O) groups excluding carboxylic acids is 4. The lowest BCUT2D eigenvalue weighted by Gasteiger charge is -2.59. The van der Waals surface area contributed by atoms with Crippen molar-refractivity contribution in [2.75, 3.05) is 0 Å². The van der Waals surface area contributed by atoms with Crippen molar-refractivity contribution >= 4 is 23.5 Å². The van der Waals surface area contributed by atoms with Gasteiger partial charge in [0.15, 0.2) is 11.6 Å². The minimum absolute atomic E-state index is 0.0323. The van der Waals surface area contributed by atoms with Gasteiger partial charge in [-0.3, -0.25) is 19.2 Å². The first-order valence-electron chi connectivity index (χ1n) is 21.6. The highest BCUT2D eigenvalue weighted by molar-refractivity contribution is 5.92. The highest BCUT2D eigenvalue weighted by atomic mass is 16.6. The maximum atomic E-state index is 12.1. The molecule has 0 bridgehead atoms. The van der Waals surface area contributed by atoms with E-state index in [-0.39, 0.29) is 34.0 Å². The normalized spacial score (nSPS) is 55.2. The number of hydrogen-bond donors (Lipinski definition) is 0. The van der Waals surface area contributed by atoms with Crippen LogP contribution in [0.15, 0.2) is 35.5 Å². The second kappa shape index (κ2) is 10.8. The number of rotatable bonds is 1. The van der Waals surface area contributed by atoms with Crippen molar-refractivity contribution in [3.8, 4) is 0 Å². The lowest BCUT2D eigenvalue weighted by atomic mass is 9.46. The molecule has 2 aliphatic heterocycles. The molecule has 2 heterocycles. The predicted molar refractivity (Wildman–Crippen MR) is 194 cm³/mol. The second-order valence-electron chi connectivity index (χ2n) is 20.5. The summed E-state index contributed by atoms with van der Waals surface area (Å²) in [6.45, 7) is 7.27. The first-order valence-corrected chi connectivity index (χ1v) is 21.6. The fourth-order valence-electron chi connectivity index (χ4n) is 17.1. The van der Waals surface area contributed by atoms with E-state index in [1.165, 1.54) is 56.1 Å². The molecule has 10 aliphatic carbocycles. The number of carbonyl (C=O) groups is 4. The highest BCUT2D eigenvalue weighted by Gasteiger charge is 2.80. The average molecular weight is 707 g/mol. The van der Waals surface area contributed by atoms with Gasteiger partial charge in [-0.05, 0) is 153 Å². The summed E-state index contributed by atoms with van der Waals surface area (Å²) in [6, 6.07) is 0. The molecule has 2 saturated heterocycles. The number of fused-ring (bicyclic) bond motifs is 18. The topological polar surface area (TPSA) is 86.7 Å². The molecule has 6 nitrogen and oxygen atoms in total. The molecule has 7 saturated carbocycles. The molecule has 0 radical (unpaired) electrons. The van der Waals surface area contributed by atoms with Gasteiger partial charge in [-0.2, -0.15) is 0 Å². The molecular weight excluding hydrogens is 649 g/mol. The number of ether oxygens (including phenoxy) is 2. The smallest absolute Gasteiger partial charge is 0.306 e. The minimum atomic E-state index is -0.156. The fraction of sp³-hybridized carbons (Fsp3) is 0.783. The summed E-state index contributed by atoms with van der Waals surface area (Å²) in [5.74, 6) is 9.72. The van der Waals surface area contributed by atoms with E-state index in [1.807, 2.05) is 12.2 Å². The van der Waals surface area contributed by atoms with E-state index in [9.17, 15) is 19.2 Å². The quantitative estimate of drug-likeness (QED) is 0.254. The fourth-order valence-corrected chi connectivity index (χ4v) is 17.1. The Hall–Kier alpha value is -2.50. The van der Waals surface area contributed by atoms with Gasteiger partial charge in [0.05, 0.1) is 0 Å². The van der Waals surface area contributed by atoms with Crippen molar-refractivity contribution in [3.05, 3.63) is 35.5 Å². The van der Waals surface area contributed by atoms with Crippen LogP contribution in [0, 0.1) is 87.8 Å². The van der Waals surface area contributed by atoms with Crippen LogP contribution < -0.4 is 0 Å². The Morgan fingerprint density at radius 3 is 1.90 bits per heavy atom. The number of hydrogen-bond acceptors (Lipinski definition) is 6. The lowest BCUT2D eigenvalue weighted by Crippen LogP contribution is -2.56. The summed E-state index contributed by atoms with van der Waals surface area (Å²) in [5, 5.41) is 0. The average Bonchev–Trinajstić information content (AvgIpc) is 3.99. The van der Waals surface area contributed by atoms with Gasteiger partial charge in [0.2, 0.25) is 0 Å². The van der Waals surface area contributed by atoms with Crippen LogP contribution >= 0.6 is 0 Å². The molecule has 52 heavy (non-hydrogen) atoms. The molecule has 12 aliphatic rings. The van der Waals surface area contributed by atoms with Crippen LogP contribution in [0.3, 0.4) is 0 Å². The third-order valence-corrected chi connectivity index (χ3v) is 19.1. The number of allylic oxidation sites excluding steroid dienone is 5. The largest absolute Gasteiger partial charge is 0.458 e. The van der Waals surface area contributed by atoms with Crippen LogP contribution in [-0.4, -0.2) is 34.7 Å². The Morgan fingerprint density at radius 1 is 0.673 bits per heavy atom. The molecule has 2 spiro atoms. The molecule has 13 unspecified atom stereocenters. The lowest BCUT2D eigenvalue weighted by molar-refractivity contribution is -0.177.